The van der Waals surface area contributed by atoms with Crippen molar-refractivity contribution in [1.29, 1.82) is 0 Å². The maximum absolute atomic E-state index is 10.3. The lowest BCUT2D eigenvalue weighted by Crippen LogP contribution is -2.16. The van der Waals surface area contributed by atoms with E-state index in [1.165, 1.54) is 0 Å². The van der Waals surface area contributed by atoms with E-state index in [0.717, 1.165) is 0 Å². The van der Waals surface area contributed by atoms with Crippen molar-refractivity contribution in [3.8, 4) is 5.75 Å². The number of hydrogen-bond donors (Lipinski definition) is 2. The molecule has 0 aliphatic rings. The molecule has 0 heterocycles. The van der Waals surface area contributed by atoms with Gasteiger partial charge in [-0.3, -0.25) is 0 Å². The van der Waals surface area contributed by atoms with Crippen molar-refractivity contribution in [2.24, 2.45) is 5.73 Å². The molecule has 0 bridgehead atoms. The minimum atomic E-state index is -0.858. The first-order valence-electron chi connectivity index (χ1n) is 3.02. The lowest BCUT2D eigenvalue weighted by molar-refractivity contribution is 0.211. The van der Waals surface area contributed by atoms with E-state index in [9.17, 15) is 4.79 Å². The third-order valence-corrected chi connectivity index (χ3v) is 1.13. The van der Waals surface area contributed by atoms with E-state index in [-0.39, 0.29) is 0 Å². The van der Waals surface area contributed by atoms with E-state index < -0.39 is 6.09 Å². The smallest absolute Gasteiger partial charge is 0.408 e. The second-order valence-electron chi connectivity index (χ2n) is 1.96. The summed E-state index contributed by atoms with van der Waals surface area (Å²) in [6.45, 7) is 0. The summed E-state index contributed by atoms with van der Waals surface area (Å²) >= 11 is 0. The zero-order valence-electron chi connectivity index (χ0n) is 5.78. The van der Waals surface area contributed by atoms with Gasteiger partial charge >= 0.3 is 6.09 Å². The number of nitrogens with two attached hydrogens (primary N) is 2. The van der Waals surface area contributed by atoms with Crippen molar-refractivity contribution >= 4 is 11.8 Å². The molecule has 4 heteroatoms. The van der Waals surface area contributed by atoms with Gasteiger partial charge in [0.05, 0.1) is 5.69 Å². The molecule has 0 radical (unpaired) electrons. The second kappa shape index (κ2) is 2.92. The number of benzene rings is 1. The molecule has 1 aromatic rings. The van der Waals surface area contributed by atoms with Crippen molar-refractivity contribution in [3.05, 3.63) is 24.3 Å². The number of carbonyl (C=O) groups excluding carboxylic acids is 1. The molecule has 0 atom stereocenters. The zero-order valence-corrected chi connectivity index (χ0v) is 5.78. The average molecular weight is 152 g/mol. The van der Waals surface area contributed by atoms with Gasteiger partial charge in [-0.1, -0.05) is 12.1 Å². The van der Waals surface area contributed by atoms with Crippen molar-refractivity contribution in [2.45, 2.75) is 0 Å². The molecule has 1 aromatic carbocycles. The average Bonchev–Trinajstić information content (AvgIpc) is 1.93. The molecule has 4 N–H and O–H groups in total. The van der Waals surface area contributed by atoms with Crippen molar-refractivity contribution < 1.29 is 9.53 Å². The standard InChI is InChI=1S/C7H8N2O2/c8-5-3-1-2-4-6(5)11-7(9)10/h1-4H,8H2,(H2,9,10). The van der Waals surface area contributed by atoms with Crippen LogP contribution in [0.2, 0.25) is 0 Å². The SMILES string of the molecule is NC(=O)Oc1ccccc1N. The molecule has 0 aromatic heterocycles. The van der Waals surface area contributed by atoms with Crippen LogP contribution in [0, 0.1) is 0 Å². The Morgan fingerprint density at radius 1 is 1.36 bits per heavy atom. The summed E-state index contributed by atoms with van der Waals surface area (Å²) in [4.78, 5) is 10.3. The molecule has 1 amide bonds. The largest absolute Gasteiger partial charge is 0.410 e. The van der Waals surface area contributed by atoms with Gasteiger partial charge in [-0.2, -0.15) is 0 Å². The minimum absolute atomic E-state index is 0.292. The number of amides is 1. The van der Waals surface area contributed by atoms with Crippen molar-refractivity contribution in [1.82, 2.24) is 0 Å². The fraction of sp³-hybridized carbons (Fsp3) is 0. The highest BCUT2D eigenvalue weighted by molar-refractivity contribution is 5.70. The van der Waals surface area contributed by atoms with E-state index in [1.54, 1.807) is 24.3 Å². The highest BCUT2D eigenvalue weighted by Gasteiger charge is 2.00. The maximum Gasteiger partial charge on any atom is 0.410 e. The molecule has 0 spiro atoms. The molecule has 0 saturated carbocycles. The predicted molar refractivity (Wildman–Crippen MR) is 41.1 cm³/mol. The Balaban J connectivity index is 2.86. The fourth-order valence-corrected chi connectivity index (χ4v) is 0.682. The first-order chi connectivity index (χ1) is 5.20. The van der Waals surface area contributed by atoms with Gasteiger partial charge in [-0.05, 0) is 12.1 Å². The number of para-hydroxylation sites is 2. The van der Waals surface area contributed by atoms with Gasteiger partial charge in [0.15, 0.2) is 5.75 Å². The van der Waals surface area contributed by atoms with Crippen LogP contribution in [0.5, 0.6) is 5.75 Å². The van der Waals surface area contributed by atoms with Crippen LogP contribution in [0.1, 0.15) is 0 Å². The van der Waals surface area contributed by atoms with E-state index in [2.05, 4.69) is 4.74 Å². The summed E-state index contributed by atoms with van der Waals surface area (Å²) in [5.41, 5.74) is 10.6. The van der Waals surface area contributed by atoms with Crippen molar-refractivity contribution in [2.75, 3.05) is 5.73 Å². The molecule has 0 saturated heterocycles. The Kier molecular flexibility index (Phi) is 1.96. The molecule has 0 fully saturated rings. The van der Waals surface area contributed by atoms with Gasteiger partial charge < -0.3 is 16.2 Å². The minimum Gasteiger partial charge on any atom is -0.408 e. The van der Waals surface area contributed by atoms with Crippen LogP contribution in [0.25, 0.3) is 0 Å². The maximum atomic E-state index is 10.3. The molecule has 1 rings (SSSR count). The number of primary amides is 1. The number of nitrogen functional groups attached to an aromatic ring is 1. The van der Waals surface area contributed by atoms with Crippen LogP contribution in [0.4, 0.5) is 10.5 Å². The van der Waals surface area contributed by atoms with Crippen LogP contribution < -0.4 is 16.2 Å². The van der Waals surface area contributed by atoms with Gasteiger partial charge in [-0.15, -0.1) is 0 Å². The molecular weight excluding hydrogens is 144 g/mol. The lowest BCUT2D eigenvalue weighted by Gasteiger charge is -2.02. The summed E-state index contributed by atoms with van der Waals surface area (Å²) in [7, 11) is 0. The number of ether oxygens (including phenoxy) is 1. The molecule has 4 nitrogen and oxygen atoms in total. The van der Waals surface area contributed by atoms with Crippen LogP contribution in [0.3, 0.4) is 0 Å². The lowest BCUT2D eigenvalue weighted by atomic mass is 10.3. The van der Waals surface area contributed by atoms with Gasteiger partial charge in [0.25, 0.3) is 0 Å². The summed E-state index contributed by atoms with van der Waals surface area (Å²) in [5.74, 6) is 0.292. The Bertz CT molecular complexity index is 273. The van der Waals surface area contributed by atoms with E-state index >= 15 is 0 Å². The Morgan fingerprint density at radius 3 is 2.55 bits per heavy atom. The van der Waals surface area contributed by atoms with Gasteiger partial charge in [0, 0.05) is 0 Å². The highest BCUT2D eigenvalue weighted by Crippen LogP contribution is 2.19. The highest BCUT2D eigenvalue weighted by atomic mass is 16.5. The summed E-state index contributed by atoms with van der Waals surface area (Å²) < 4.78 is 4.56. The number of anilines is 1. The Morgan fingerprint density at radius 2 is 2.00 bits per heavy atom. The topological polar surface area (TPSA) is 78.3 Å². The second-order valence-corrected chi connectivity index (χ2v) is 1.96. The van der Waals surface area contributed by atoms with Gasteiger partial charge in [-0.25, -0.2) is 4.79 Å². The molecule has 0 aliphatic carbocycles. The van der Waals surface area contributed by atoms with Crippen LogP contribution in [0.15, 0.2) is 24.3 Å². The molecule has 0 unspecified atom stereocenters. The van der Waals surface area contributed by atoms with Crippen LogP contribution in [-0.2, 0) is 0 Å². The molecule has 11 heavy (non-hydrogen) atoms. The Hall–Kier alpha value is -1.71. The first-order valence-corrected chi connectivity index (χ1v) is 3.02. The third kappa shape index (κ3) is 1.86. The predicted octanol–water partition coefficient (Wildman–Crippen LogP) is 0.726. The van der Waals surface area contributed by atoms with E-state index in [1.807, 2.05) is 0 Å². The quantitative estimate of drug-likeness (QED) is 0.582. The molecule has 58 valence electrons. The Labute approximate surface area is 63.8 Å². The van der Waals surface area contributed by atoms with Crippen molar-refractivity contribution in [3.63, 3.8) is 0 Å². The zero-order chi connectivity index (χ0) is 8.27. The number of hydrogen-bond acceptors (Lipinski definition) is 3. The summed E-state index contributed by atoms with van der Waals surface area (Å²) in [6.07, 6.45) is -0.858. The molecular formula is C7H8N2O2. The van der Waals surface area contributed by atoms with Crippen LogP contribution >= 0.6 is 0 Å². The molecule has 0 aliphatic heterocycles. The van der Waals surface area contributed by atoms with Gasteiger partial charge in [0.1, 0.15) is 0 Å². The fourth-order valence-electron chi connectivity index (χ4n) is 0.682. The monoisotopic (exact) mass is 152 g/mol. The first kappa shape index (κ1) is 7.40. The van der Waals surface area contributed by atoms with E-state index in [0.29, 0.717) is 11.4 Å². The van der Waals surface area contributed by atoms with Crippen LogP contribution in [-0.4, -0.2) is 6.09 Å². The normalized spacial score (nSPS) is 9.09. The van der Waals surface area contributed by atoms with Gasteiger partial charge in [0.2, 0.25) is 0 Å². The van der Waals surface area contributed by atoms with E-state index in [4.69, 9.17) is 11.5 Å². The summed E-state index contributed by atoms with van der Waals surface area (Å²) in [5, 5.41) is 0. The third-order valence-electron chi connectivity index (χ3n) is 1.13. The number of carbonyl (C=O) groups is 1. The summed E-state index contributed by atoms with van der Waals surface area (Å²) in [6, 6.07) is 6.64. The number of rotatable bonds is 1.